The van der Waals surface area contributed by atoms with E-state index in [9.17, 15) is 19.2 Å². The van der Waals surface area contributed by atoms with Gasteiger partial charge in [0.25, 0.3) is 0 Å². The molecule has 2 aliphatic rings. The van der Waals surface area contributed by atoms with Gasteiger partial charge >= 0.3 is 5.97 Å². The number of fused-ring (bicyclic) bond motifs is 1. The molecule has 0 bridgehead atoms. The average Bonchev–Trinajstić information content (AvgIpc) is 2.96. The molecule has 1 aromatic carbocycles. The monoisotopic (exact) mass is 330 g/mol. The predicted octanol–water partition coefficient (Wildman–Crippen LogP) is 0.469. The van der Waals surface area contributed by atoms with Crippen LogP contribution in [0.15, 0.2) is 24.3 Å². The van der Waals surface area contributed by atoms with Crippen molar-refractivity contribution in [1.29, 1.82) is 0 Å². The Hall–Kier alpha value is -2.70. The molecule has 0 unspecified atom stereocenters. The number of benzene rings is 1. The Morgan fingerprint density at radius 2 is 1.88 bits per heavy atom. The minimum Gasteiger partial charge on any atom is -0.465 e. The van der Waals surface area contributed by atoms with Crippen molar-refractivity contribution in [3.8, 4) is 0 Å². The van der Waals surface area contributed by atoms with Gasteiger partial charge in [0.2, 0.25) is 17.7 Å². The van der Waals surface area contributed by atoms with E-state index in [1.54, 1.807) is 38.2 Å². The number of carbonyl (C=O) groups is 4. The van der Waals surface area contributed by atoms with Gasteiger partial charge in [-0.05, 0) is 13.0 Å². The first-order chi connectivity index (χ1) is 11.4. The zero-order chi connectivity index (χ0) is 17.6. The molecule has 126 valence electrons. The number of rotatable bonds is 3. The first kappa shape index (κ1) is 16.2. The van der Waals surface area contributed by atoms with E-state index in [1.165, 1.54) is 11.9 Å². The number of anilines is 1. The predicted molar refractivity (Wildman–Crippen MR) is 84.0 cm³/mol. The van der Waals surface area contributed by atoms with Crippen LogP contribution in [-0.4, -0.2) is 49.3 Å². The summed E-state index contributed by atoms with van der Waals surface area (Å²) in [5.74, 6) is -3.36. The minimum atomic E-state index is -1.81. The molecule has 0 N–H and O–H groups in total. The molecule has 0 aliphatic carbocycles. The number of likely N-dealkylation sites (N-methyl/N-ethyl adjacent to an activating group) is 1. The van der Waals surface area contributed by atoms with Crippen molar-refractivity contribution in [1.82, 2.24) is 4.90 Å². The van der Waals surface area contributed by atoms with E-state index in [1.807, 2.05) is 0 Å². The largest absolute Gasteiger partial charge is 0.465 e. The summed E-state index contributed by atoms with van der Waals surface area (Å²) < 4.78 is 5.17. The van der Waals surface area contributed by atoms with Crippen molar-refractivity contribution < 1.29 is 23.9 Å². The number of imide groups is 1. The van der Waals surface area contributed by atoms with Gasteiger partial charge in [-0.3, -0.25) is 24.1 Å². The summed E-state index contributed by atoms with van der Waals surface area (Å²) in [5, 5.41) is 0. The molecular weight excluding hydrogens is 312 g/mol. The smallest absolute Gasteiger partial charge is 0.327 e. The first-order valence-corrected chi connectivity index (χ1v) is 7.72. The SMILES string of the molecule is CCOC(=O)[C@]1([C@@H]2CC(=O)N(C)C2=O)C(=O)N(C)c2ccccc21. The molecule has 7 nitrogen and oxygen atoms in total. The van der Waals surface area contributed by atoms with E-state index in [4.69, 9.17) is 4.74 Å². The number of hydrogen-bond donors (Lipinski definition) is 0. The van der Waals surface area contributed by atoms with Gasteiger partial charge in [0.05, 0.1) is 12.5 Å². The summed E-state index contributed by atoms with van der Waals surface area (Å²) in [5.41, 5.74) is -0.846. The molecule has 2 aliphatic heterocycles. The molecule has 2 atom stereocenters. The van der Waals surface area contributed by atoms with Gasteiger partial charge in [0.1, 0.15) is 0 Å². The second-order valence-electron chi connectivity index (χ2n) is 5.96. The van der Waals surface area contributed by atoms with Crippen molar-refractivity contribution in [3.63, 3.8) is 0 Å². The van der Waals surface area contributed by atoms with E-state index < -0.39 is 35.0 Å². The van der Waals surface area contributed by atoms with Crippen LogP contribution in [-0.2, 0) is 29.3 Å². The Kier molecular flexibility index (Phi) is 3.66. The summed E-state index contributed by atoms with van der Waals surface area (Å²) >= 11 is 0. The topological polar surface area (TPSA) is 84.0 Å². The van der Waals surface area contributed by atoms with Crippen molar-refractivity contribution in [2.24, 2.45) is 5.92 Å². The van der Waals surface area contributed by atoms with Crippen LogP contribution >= 0.6 is 0 Å². The summed E-state index contributed by atoms with van der Waals surface area (Å²) in [6.07, 6.45) is -0.192. The van der Waals surface area contributed by atoms with Crippen molar-refractivity contribution in [3.05, 3.63) is 29.8 Å². The third kappa shape index (κ3) is 1.84. The molecule has 3 amide bonds. The van der Waals surface area contributed by atoms with Crippen LogP contribution in [0.4, 0.5) is 5.69 Å². The number of hydrogen-bond acceptors (Lipinski definition) is 5. The molecule has 0 saturated carbocycles. The first-order valence-electron chi connectivity index (χ1n) is 7.72. The highest BCUT2D eigenvalue weighted by molar-refractivity contribution is 6.24. The molecule has 0 radical (unpaired) electrons. The normalized spacial score (nSPS) is 26.1. The van der Waals surface area contributed by atoms with Crippen LogP contribution in [0.3, 0.4) is 0 Å². The van der Waals surface area contributed by atoms with Crippen molar-refractivity contribution in [2.45, 2.75) is 18.8 Å². The molecule has 24 heavy (non-hydrogen) atoms. The van der Waals surface area contributed by atoms with Crippen LogP contribution in [0.25, 0.3) is 0 Å². The molecule has 3 rings (SSSR count). The van der Waals surface area contributed by atoms with Crippen LogP contribution in [0.1, 0.15) is 18.9 Å². The zero-order valence-electron chi connectivity index (χ0n) is 13.7. The molecule has 0 spiro atoms. The molecule has 7 heteroatoms. The van der Waals surface area contributed by atoms with Crippen LogP contribution in [0.5, 0.6) is 0 Å². The second-order valence-corrected chi connectivity index (χ2v) is 5.96. The van der Waals surface area contributed by atoms with Crippen LogP contribution in [0, 0.1) is 5.92 Å². The lowest BCUT2D eigenvalue weighted by atomic mass is 9.70. The lowest BCUT2D eigenvalue weighted by molar-refractivity contribution is -0.159. The van der Waals surface area contributed by atoms with E-state index in [-0.39, 0.29) is 13.0 Å². The highest BCUT2D eigenvalue weighted by Crippen LogP contribution is 2.49. The molecule has 0 aromatic heterocycles. The van der Waals surface area contributed by atoms with Crippen LogP contribution < -0.4 is 4.90 Å². The minimum absolute atomic E-state index is 0.0738. The van der Waals surface area contributed by atoms with Gasteiger partial charge in [-0.25, -0.2) is 0 Å². The number of esters is 1. The van der Waals surface area contributed by atoms with Gasteiger partial charge in [0, 0.05) is 31.8 Å². The third-order valence-corrected chi connectivity index (χ3v) is 4.83. The van der Waals surface area contributed by atoms with Crippen molar-refractivity contribution in [2.75, 3.05) is 25.6 Å². The van der Waals surface area contributed by atoms with E-state index >= 15 is 0 Å². The molecule has 1 fully saturated rings. The summed E-state index contributed by atoms with van der Waals surface area (Å²) in [6, 6.07) is 6.80. The number of likely N-dealkylation sites (tertiary alicyclic amines) is 1. The maximum absolute atomic E-state index is 13.1. The Morgan fingerprint density at radius 3 is 2.46 bits per heavy atom. The van der Waals surface area contributed by atoms with Crippen molar-refractivity contribution >= 4 is 29.4 Å². The lowest BCUT2D eigenvalue weighted by Crippen LogP contribution is -2.53. The molecule has 2 heterocycles. The highest BCUT2D eigenvalue weighted by Gasteiger charge is 2.65. The zero-order valence-corrected chi connectivity index (χ0v) is 13.7. The Morgan fingerprint density at radius 1 is 1.21 bits per heavy atom. The number of carbonyl (C=O) groups excluding carboxylic acids is 4. The Bertz CT molecular complexity index is 759. The molecule has 1 saturated heterocycles. The summed E-state index contributed by atoms with van der Waals surface area (Å²) in [6.45, 7) is 1.71. The van der Waals surface area contributed by atoms with Gasteiger partial charge in [-0.2, -0.15) is 0 Å². The highest BCUT2D eigenvalue weighted by atomic mass is 16.5. The van der Waals surface area contributed by atoms with E-state index in [2.05, 4.69) is 0 Å². The molecule has 1 aromatic rings. The van der Waals surface area contributed by atoms with Crippen LogP contribution in [0.2, 0.25) is 0 Å². The average molecular weight is 330 g/mol. The number of nitrogens with zero attached hydrogens (tertiary/aromatic N) is 2. The van der Waals surface area contributed by atoms with Gasteiger partial charge in [-0.15, -0.1) is 0 Å². The number of ether oxygens (including phenoxy) is 1. The van der Waals surface area contributed by atoms with E-state index in [0.29, 0.717) is 11.3 Å². The van der Waals surface area contributed by atoms with Gasteiger partial charge in [-0.1, -0.05) is 18.2 Å². The Labute approximate surface area is 139 Å². The Balaban J connectivity index is 2.26. The molecular formula is C17H18N2O5. The standard InChI is InChI=1S/C17H18N2O5/c1-4-24-16(23)17(11-9-13(20)19(3)14(11)21)10-7-5-6-8-12(10)18(2)15(17)22/h5-8,11H,4,9H2,1-3H3/t11-,17-/m1/s1. The second kappa shape index (κ2) is 5.43. The van der Waals surface area contributed by atoms with Gasteiger partial charge < -0.3 is 9.64 Å². The third-order valence-electron chi connectivity index (χ3n) is 4.83. The quantitative estimate of drug-likeness (QED) is 0.457. The van der Waals surface area contributed by atoms with Gasteiger partial charge in [0.15, 0.2) is 5.41 Å². The maximum atomic E-state index is 13.1. The fraction of sp³-hybridized carbons (Fsp3) is 0.412. The van der Waals surface area contributed by atoms with E-state index in [0.717, 1.165) is 4.90 Å². The lowest BCUT2D eigenvalue weighted by Gasteiger charge is -2.30. The maximum Gasteiger partial charge on any atom is 0.327 e. The fourth-order valence-corrected chi connectivity index (χ4v) is 3.60. The number of amides is 3. The summed E-state index contributed by atoms with van der Waals surface area (Å²) in [4.78, 5) is 52.9. The number of para-hydroxylation sites is 1. The fourth-order valence-electron chi connectivity index (χ4n) is 3.60. The summed E-state index contributed by atoms with van der Waals surface area (Å²) in [7, 11) is 2.91.